The zero-order valence-electron chi connectivity index (χ0n) is 15.5. The van der Waals surface area contributed by atoms with E-state index in [0.29, 0.717) is 17.2 Å². The van der Waals surface area contributed by atoms with Gasteiger partial charge < -0.3 is 4.42 Å². The van der Waals surface area contributed by atoms with Crippen LogP contribution in [0.5, 0.6) is 0 Å². The van der Waals surface area contributed by atoms with Crippen LogP contribution in [0.15, 0.2) is 59.2 Å². The lowest BCUT2D eigenvalue weighted by Gasteiger charge is -2.19. The van der Waals surface area contributed by atoms with Crippen molar-refractivity contribution in [1.82, 2.24) is 4.98 Å². The van der Waals surface area contributed by atoms with Crippen molar-refractivity contribution in [2.75, 3.05) is 4.90 Å². The van der Waals surface area contributed by atoms with Crippen molar-refractivity contribution >= 4 is 32.6 Å². The topological polar surface area (TPSA) is 46.3 Å². The number of nitrogens with zero attached hydrogens (tertiary/aromatic N) is 2. The van der Waals surface area contributed by atoms with Crippen LogP contribution < -0.4 is 4.90 Å². The quantitative estimate of drug-likeness (QED) is 0.461. The molecule has 0 radical (unpaired) electrons. The van der Waals surface area contributed by atoms with Crippen molar-refractivity contribution in [3.05, 3.63) is 82.8 Å². The fourth-order valence-electron chi connectivity index (χ4n) is 2.95. The van der Waals surface area contributed by atoms with Gasteiger partial charge in [-0.05, 0) is 73.9 Å². The van der Waals surface area contributed by atoms with Gasteiger partial charge in [0.1, 0.15) is 5.76 Å². The van der Waals surface area contributed by atoms with Crippen LogP contribution in [0.2, 0.25) is 0 Å². The molecule has 0 saturated heterocycles. The van der Waals surface area contributed by atoms with Crippen LogP contribution in [0, 0.1) is 20.8 Å². The maximum Gasteiger partial charge on any atom is 0.260 e. The molecule has 0 aliphatic heterocycles. The molecule has 0 spiro atoms. The SMILES string of the molecule is Cc1ccc2nc(N(Cc3ccco3)C(=O)c3ccc(C)c(C)c3)sc2c1. The third-order valence-electron chi connectivity index (χ3n) is 4.66. The van der Waals surface area contributed by atoms with Gasteiger partial charge in [0.25, 0.3) is 5.91 Å². The van der Waals surface area contributed by atoms with E-state index in [1.165, 1.54) is 22.5 Å². The third kappa shape index (κ3) is 3.51. The van der Waals surface area contributed by atoms with Crippen LogP contribution in [-0.2, 0) is 6.54 Å². The molecule has 4 aromatic rings. The van der Waals surface area contributed by atoms with Crippen LogP contribution >= 0.6 is 11.3 Å². The molecule has 5 heteroatoms. The summed E-state index contributed by atoms with van der Waals surface area (Å²) in [6.07, 6.45) is 1.62. The highest BCUT2D eigenvalue weighted by Crippen LogP contribution is 2.31. The second-order valence-electron chi connectivity index (χ2n) is 6.74. The van der Waals surface area contributed by atoms with Crippen LogP contribution in [0.3, 0.4) is 0 Å². The van der Waals surface area contributed by atoms with E-state index in [-0.39, 0.29) is 5.91 Å². The molecule has 0 aliphatic carbocycles. The van der Waals surface area contributed by atoms with E-state index < -0.39 is 0 Å². The van der Waals surface area contributed by atoms with Crippen molar-refractivity contribution < 1.29 is 9.21 Å². The number of aromatic nitrogens is 1. The lowest BCUT2D eigenvalue weighted by molar-refractivity contribution is 0.0983. The van der Waals surface area contributed by atoms with E-state index in [2.05, 4.69) is 13.0 Å². The molecule has 0 fully saturated rings. The lowest BCUT2D eigenvalue weighted by atomic mass is 10.1. The normalized spacial score (nSPS) is 11.1. The van der Waals surface area contributed by atoms with E-state index in [1.54, 1.807) is 11.2 Å². The average Bonchev–Trinajstić information content (AvgIpc) is 3.30. The van der Waals surface area contributed by atoms with Gasteiger partial charge >= 0.3 is 0 Å². The number of carbonyl (C=O) groups excluding carboxylic acids is 1. The largest absolute Gasteiger partial charge is 0.467 e. The molecule has 0 unspecified atom stereocenters. The first-order chi connectivity index (χ1) is 13.0. The molecule has 27 heavy (non-hydrogen) atoms. The molecule has 136 valence electrons. The zero-order chi connectivity index (χ0) is 19.0. The molecular weight excluding hydrogens is 356 g/mol. The van der Waals surface area contributed by atoms with Gasteiger partial charge in [-0.25, -0.2) is 4.98 Å². The number of furan rings is 1. The predicted octanol–water partition coefficient (Wildman–Crippen LogP) is 5.66. The van der Waals surface area contributed by atoms with E-state index in [0.717, 1.165) is 21.5 Å². The molecule has 0 aliphatic rings. The summed E-state index contributed by atoms with van der Waals surface area (Å²) in [7, 11) is 0. The number of anilines is 1. The minimum Gasteiger partial charge on any atom is -0.467 e. The Morgan fingerprint density at radius 2 is 1.93 bits per heavy atom. The van der Waals surface area contributed by atoms with Gasteiger partial charge in [0.15, 0.2) is 5.13 Å². The first-order valence-corrected chi connectivity index (χ1v) is 9.61. The number of benzene rings is 2. The highest BCUT2D eigenvalue weighted by atomic mass is 32.1. The average molecular weight is 376 g/mol. The summed E-state index contributed by atoms with van der Waals surface area (Å²) >= 11 is 1.52. The highest BCUT2D eigenvalue weighted by Gasteiger charge is 2.23. The maximum absolute atomic E-state index is 13.3. The van der Waals surface area contributed by atoms with Crippen LogP contribution in [0.4, 0.5) is 5.13 Å². The van der Waals surface area contributed by atoms with Crippen molar-refractivity contribution in [1.29, 1.82) is 0 Å². The number of thiazole rings is 1. The summed E-state index contributed by atoms with van der Waals surface area (Å²) in [6.45, 7) is 6.46. The van der Waals surface area contributed by atoms with Crippen molar-refractivity contribution in [3.8, 4) is 0 Å². The summed E-state index contributed by atoms with van der Waals surface area (Å²) < 4.78 is 6.56. The molecule has 0 atom stereocenters. The molecule has 2 aromatic carbocycles. The molecular formula is C22H20N2O2S. The number of aryl methyl sites for hydroxylation is 3. The van der Waals surface area contributed by atoms with Gasteiger partial charge in [-0.1, -0.05) is 23.5 Å². The minimum atomic E-state index is -0.0784. The Morgan fingerprint density at radius 3 is 2.67 bits per heavy atom. The summed E-state index contributed by atoms with van der Waals surface area (Å²) in [5.41, 5.74) is 4.99. The smallest absolute Gasteiger partial charge is 0.260 e. The first kappa shape index (κ1) is 17.5. The Hall–Kier alpha value is -2.92. The molecule has 0 saturated carbocycles. The third-order valence-corrected chi connectivity index (χ3v) is 5.70. The van der Waals surface area contributed by atoms with Crippen LogP contribution in [-0.4, -0.2) is 10.9 Å². The predicted molar refractivity (Wildman–Crippen MR) is 109 cm³/mol. The van der Waals surface area contributed by atoms with Crippen molar-refractivity contribution in [3.63, 3.8) is 0 Å². The second-order valence-corrected chi connectivity index (χ2v) is 7.75. The van der Waals surface area contributed by atoms with Crippen molar-refractivity contribution in [2.45, 2.75) is 27.3 Å². The van der Waals surface area contributed by atoms with E-state index in [4.69, 9.17) is 9.40 Å². The summed E-state index contributed by atoms with van der Waals surface area (Å²) in [5.74, 6) is 0.646. The number of hydrogen-bond acceptors (Lipinski definition) is 4. The van der Waals surface area contributed by atoms with Crippen LogP contribution in [0.25, 0.3) is 10.2 Å². The standard InChI is InChI=1S/C22H20N2O2S/c1-14-6-9-19-20(11-14)27-22(23-19)24(13-18-5-4-10-26-18)21(25)17-8-7-15(2)16(3)12-17/h4-12H,13H2,1-3H3. The van der Waals surface area contributed by atoms with Crippen LogP contribution in [0.1, 0.15) is 32.8 Å². The molecule has 4 rings (SSSR count). The van der Waals surface area contributed by atoms with Gasteiger partial charge in [0.2, 0.25) is 0 Å². The van der Waals surface area contributed by atoms with E-state index in [9.17, 15) is 4.79 Å². The molecule has 1 amide bonds. The Bertz CT molecular complexity index is 1110. The second kappa shape index (κ2) is 7.00. The van der Waals surface area contributed by atoms with E-state index in [1.807, 2.05) is 56.3 Å². The number of hydrogen-bond donors (Lipinski definition) is 0. The molecule has 4 nitrogen and oxygen atoms in total. The Morgan fingerprint density at radius 1 is 1.07 bits per heavy atom. The molecule has 0 bridgehead atoms. The zero-order valence-corrected chi connectivity index (χ0v) is 16.3. The number of amides is 1. The fraction of sp³-hybridized carbons (Fsp3) is 0.182. The Kier molecular flexibility index (Phi) is 4.54. The Labute approximate surface area is 162 Å². The molecule has 2 heterocycles. The number of carbonyl (C=O) groups is 1. The first-order valence-electron chi connectivity index (χ1n) is 8.80. The van der Waals surface area contributed by atoms with Gasteiger partial charge in [-0.15, -0.1) is 0 Å². The lowest BCUT2D eigenvalue weighted by Crippen LogP contribution is -2.30. The van der Waals surface area contributed by atoms with Gasteiger partial charge in [-0.2, -0.15) is 0 Å². The fourth-order valence-corrected chi connectivity index (χ4v) is 4.01. The monoisotopic (exact) mass is 376 g/mol. The summed E-state index contributed by atoms with van der Waals surface area (Å²) in [4.78, 5) is 19.7. The van der Waals surface area contributed by atoms with Gasteiger partial charge in [0, 0.05) is 5.56 Å². The van der Waals surface area contributed by atoms with E-state index >= 15 is 0 Å². The molecule has 0 N–H and O–H groups in total. The maximum atomic E-state index is 13.3. The molecule has 2 aromatic heterocycles. The van der Waals surface area contributed by atoms with Crippen molar-refractivity contribution in [2.24, 2.45) is 0 Å². The van der Waals surface area contributed by atoms with Gasteiger partial charge in [0.05, 0.1) is 23.0 Å². The summed E-state index contributed by atoms with van der Waals surface area (Å²) in [6, 6.07) is 15.6. The van der Waals surface area contributed by atoms with Gasteiger partial charge in [-0.3, -0.25) is 9.69 Å². The highest BCUT2D eigenvalue weighted by molar-refractivity contribution is 7.22. The number of rotatable bonds is 4. The minimum absolute atomic E-state index is 0.0784. The summed E-state index contributed by atoms with van der Waals surface area (Å²) in [5, 5.41) is 0.676. The number of fused-ring (bicyclic) bond motifs is 1. The Balaban J connectivity index is 1.77.